The lowest BCUT2D eigenvalue weighted by atomic mass is 10.4. The second-order valence-corrected chi connectivity index (χ2v) is 3.61. The summed E-state index contributed by atoms with van der Waals surface area (Å²) in [4.78, 5) is 7.99. The average Bonchev–Trinajstić information content (AvgIpc) is 2.28. The number of anilines is 1. The summed E-state index contributed by atoms with van der Waals surface area (Å²) < 4.78 is 0.749. The van der Waals surface area contributed by atoms with Gasteiger partial charge < -0.3 is 5.32 Å². The van der Waals surface area contributed by atoms with Gasteiger partial charge in [-0.1, -0.05) is 0 Å². The van der Waals surface area contributed by atoms with Crippen LogP contribution in [0.5, 0.6) is 0 Å². The lowest BCUT2D eigenvalue weighted by Gasteiger charge is -2.03. The van der Waals surface area contributed by atoms with E-state index in [0.717, 1.165) is 16.1 Å². The van der Waals surface area contributed by atoms with Crippen LogP contribution >= 0.6 is 15.9 Å². The van der Waals surface area contributed by atoms with Gasteiger partial charge in [-0.2, -0.15) is 10.2 Å². The van der Waals surface area contributed by atoms with Crippen LogP contribution in [0.3, 0.4) is 0 Å². The number of nitrogens with one attached hydrogen (secondary N) is 1. The summed E-state index contributed by atoms with van der Waals surface area (Å²) in [5.74, 6) is 0.752. The summed E-state index contributed by atoms with van der Waals surface area (Å²) in [6.45, 7) is 0.595. The monoisotopic (exact) mass is 265 g/mol. The SMILES string of the molecule is Brc1cc(NCc2cccnn2)ncn1. The molecule has 2 rings (SSSR count). The lowest BCUT2D eigenvalue weighted by Crippen LogP contribution is -2.03. The molecule has 1 N–H and O–H groups in total. The topological polar surface area (TPSA) is 63.6 Å². The lowest BCUT2D eigenvalue weighted by molar-refractivity contribution is 0.918. The number of aromatic nitrogens is 4. The van der Waals surface area contributed by atoms with Crippen LogP contribution in [-0.4, -0.2) is 20.2 Å². The van der Waals surface area contributed by atoms with Gasteiger partial charge in [-0.25, -0.2) is 9.97 Å². The Labute approximate surface area is 95.1 Å². The Kier molecular flexibility index (Phi) is 3.18. The predicted octanol–water partition coefficient (Wildman–Crippen LogP) is 1.64. The molecule has 2 aromatic heterocycles. The first-order valence-electron chi connectivity index (χ1n) is 4.32. The molecule has 5 nitrogen and oxygen atoms in total. The maximum atomic E-state index is 4.05. The standard InChI is InChI=1S/C9H8BrN5/c10-8-4-9(13-6-12-8)11-5-7-2-1-3-14-15-7/h1-4,6H,5H2,(H,11,12,13). The Hall–Kier alpha value is -1.56. The molecule has 0 aliphatic carbocycles. The number of nitrogens with zero attached hydrogens (tertiary/aromatic N) is 4. The van der Waals surface area contributed by atoms with Crippen LogP contribution in [0.1, 0.15) is 5.69 Å². The van der Waals surface area contributed by atoms with Crippen LogP contribution in [0, 0.1) is 0 Å². The summed E-state index contributed by atoms with van der Waals surface area (Å²) >= 11 is 3.27. The third-order valence-corrected chi connectivity index (χ3v) is 2.15. The normalized spacial score (nSPS) is 9.93. The smallest absolute Gasteiger partial charge is 0.130 e. The summed E-state index contributed by atoms with van der Waals surface area (Å²) in [5, 5.41) is 10.8. The Morgan fingerprint density at radius 3 is 3.00 bits per heavy atom. The fraction of sp³-hybridized carbons (Fsp3) is 0.111. The predicted molar refractivity (Wildman–Crippen MR) is 59.1 cm³/mol. The second-order valence-electron chi connectivity index (χ2n) is 2.79. The molecule has 6 heteroatoms. The van der Waals surface area contributed by atoms with Gasteiger partial charge in [0.05, 0.1) is 12.2 Å². The molecule has 76 valence electrons. The van der Waals surface area contributed by atoms with Gasteiger partial charge in [0.1, 0.15) is 16.7 Å². The van der Waals surface area contributed by atoms with E-state index in [1.165, 1.54) is 6.33 Å². The van der Waals surface area contributed by atoms with Crippen LogP contribution in [0.2, 0.25) is 0 Å². The van der Waals surface area contributed by atoms with E-state index in [0.29, 0.717) is 6.54 Å². The van der Waals surface area contributed by atoms with E-state index in [2.05, 4.69) is 41.4 Å². The Morgan fingerprint density at radius 1 is 1.33 bits per heavy atom. The zero-order valence-corrected chi connectivity index (χ0v) is 9.35. The van der Waals surface area contributed by atoms with Gasteiger partial charge in [-0.15, -0.1) is 0 Å². The minimum absolute atomic E-state index is 0.595. The molecular weight excluding hydrogens is 258 g/mol. The second kappa shape index (κ2) is 4.79. The molecular formula is C9H8BrN5. The van der Waals surface area contributed by atoms with Crippen molar-refractivity contribution in [3.8, 4) is 0 Å². The van der Waals surface area contributed by atoms with Crippen LogP contribution in [-0.2, 0) is 6.54 Å². The highest BCUT2D eigenvalue weighted by atomic mass is 79.9. The molecule has 0 fully saturated rings. The van der Waals surface area contributed by atoms with Crippen LogP contribution in [0.4, 0.5) is 5.82 Å². The molecule has 0 bridgehead atoms. The van der Waals surface area contributed by atoms with Crippen LogP contribution in [0.25, 0.3) is 0 Å². The van der Waals surface area contributed by atoms with E-state index in [-0.39, 0.29) is 0 Å². The molecule has 0 aliphatic heterocycles. The van der Waals surface area contributed by atoms with Gasteiger partial charge in [0.15, 0.2) is 0 Å². The van der Waals surface area contributed by atoms with Crippen LogP contribution in [0.15, 0.2) is 35.3 Å². The highest BCUT2D eigenvalue weighted by Gasteiger charge is 1.97. The molecule has 15 heavy (non-hydrogen) atoms. The van der Waals surface area contributed by atoms with E-state index in [9.17, 15) is 0 Å². The fourth-order valence-corrected chi connectivity index (χ4v) is 1.35. The van der Waals surface area contributed by atoms with Crippen molar-refractivity contribution >= 4 is 21.7 Å². The highest BCUT2D eigenvalue weighted by molar-refractivity contribution is 9.10. The average molecular weight is 266 g/mol. The fourth-order valence-electron chi connectivity index (χ4n) is 1.04. The maximum absolute atomic E-state index is 4.05. The van der Waals surface area contributed by atoms with Crippen molar-refractivity contribution in [3.63, 3.8) is 0 Å². The van der Waals surface area contributed by atoms with E-state index in [4.69, 9.17) is 0 Å². The summed E-state index contributed by atoms with van der Waals surface area (Å²) in [7, 11) is 0. The third-order valence-electron chi connectivity index (χ3n) is 1.71. The number of hydrogen-bond donors (Lipinski definition) is 1. The van der Waals surface area contributed by atoms with E-state index >= 15 is 0 Å². The molecule has 0 unspecified atom stereocenters. The van der Waals surface area contributed by atoms with Crippen LogP contribution < -0.4 is 5.32 Å². The Morgan fingerprint density at radius 2 is 2.27 bits per heavy atom. The quantitative estimate of drug-likeness (QED) is 0.855. The van der Waals surface area contributed by atoms with E-state index in [1.54, 1.807) is 12.3 Å². The van der Waals surface area contributed by atoms with Crippen molar-refractivity contribution in [2.75, 3.05) is 5.32 Å². The van der Waals surface area contributed by atoms with Crippen molar-refractivity contribution in [2.24, 2.45) is 0 Å². The van der Waals surface area contributed by atoms with Gasteiger partial charge in [-0.3, -0.25) is 0 Å². The van der Waals surface area contributed by atoms with Gasteiger partial charge in [0.2, 0.25) is 0 Å². The molecule has 0 aliphatic rings. The molecule has 0 atom stereocenters. The minimum Gasteiger partial charge on any atom is -0.364 e. The summed E-state index contributed by atoms with van der Waals surface area (Å²) in [6, 6.07) is 5.55. The van der Waals surface area contributed by atoms with Crippen molar-refractivity contribution in [3.05, 3.63) is 41.0 Å². The van der Waals surface area contributed by atoms with Gasteiger partial charge in [0, 0.05) is 12.3 Å². The Balaban J connectivity index is 1.99. The molecule has 0 radical (unpaired) electrons. The minimum atomic E-state index is 0.595. The highest BCUT2D eigenvalue weighted by Crippen LogP contribution is 2.09. The van der Waals surface area contributed by atoms with Crippen molar-refractivity contribution in [1.82, 2.24) is 20.2 Å². The van der Waals surface area contributed by atoms with Gasteiger partial charge >= 0.3 is 0 Å². The van der Waals surface area contributed by atoms with E-state index in [1.807, 2.05) is 12.1 Å². The van der Waals surface area contributed by atoms with Gasteiger partial charge in [-0.05, 0) is 28.1 Å². The number of hydrogen-bond acceptors (Lipinski definition) is 5. The summed E-state index contributed by atoms with van der Waals surface area (Å²) in [6.07, 6.45) is 3.13. The first-order valence-corrected chi connectivity index (χ1v) is 5.12. The van der Waals surface area contributed by atoms with Crippen molar-refractivity contribution in [1.29, 1.82) is 0 Å². The molecule has 0 saturated heterocycles. The van der Waals surface area contributed by atoms with Crippen molar-refractivity contribution < 1.29 is 0 Å². The number of halogens is 1. The first kappa shape index (κ1) is 9.97. The Bertz CT molecular complexity index is 434. The largest absolute Gasteiger partial charge is 0.364 e. The van der Waals surface area contributed by atoms with Gasteiger partial charge in [0.25, 0.3) is 0 Å². The molecule has 0 amide bonds. The zero-order valence-electron chi connectivity index (χ0n) is 7.76. The first-order chi connectivity index (χ1) is 7.34. The zero-order chi connectivity index (χ0) is 10.5. The molecule has 2 heterocycles. The molecule has 0 spiro atoms. The molecule has 0 aromatic carbocycles. The van der Waals surface area contributed by atoms with E-state index < -0.39 is 0 Å². The molecule has 2 aromatic rings. The molecule has 0 saturated carbocycles. The maximum Gasteiger partial charge on any atom is 0.130 e. The summed E-state index contributed by atoms with van der Waals surface area (Å²) in [5.41, 5.74) is 0.868. The third kappa shape index (κ3) is 2.95. The number of rotatable bonds is 3. The van der Waals surface area contributed by atoms with Crippen molar-refractivity contribution in [2.45, 2.75) is 6.54 Å².